The van der Waals surface area contributed by atoms with Gasteiger partial charge in [-0.2, -0.15) is 0 Å². The van der Waals surface area contributed by atoms with Gasteiger partial charge in [0.05, 0.1) is 27.0 Å². The molecule has 1 heterocycles. The third-order valence-corrected chi connectivity index (χ3v) is 5.19. The number of ether oxygens (including phenoxy) is 3. The number of rotatable bonds is 5. The molecule has 29 heavy (non-hydrogen) atoms. The van der Waals surface area contributed by atoms with Crippen molar-refractivity contribution in [2.75, 3.05) is 26.2 Å². The fourth-order valence-electron chi connectivity index (χ4n) is 3.85. The monoisotopic (exact) mass is 389 g/mol. The van der Waals surface area contributed by atoms with Crippen molar-refractivity contribution in [1.29, 1.82) is 0 Å². The Morgan fingerprint density at radius 1 is 0.828 bits per heavy atom. The number of nitrogens with zero attached hydrogens (tertiary/aromatic N) is 1. The molecule has 148 valence electrons. The zero-order valence-corrected chi connectivity index (χ0v) is 16.8. The number of fused-ring (bicyclic) bond motifs is 2. The highest BCUT2D eigenvalue weighted by atomic mass is 16.5. The van der Waals surface area contributed by atoms with E-state index < -0.39 is 0 Å². The molecule has 0 N–H and O–H groups in total. The molecule has 0 aromatic heterocycles. The summed E-state index contributed by atoms with van der Waals surface area (Å²) in [5.74, 6) is 1.90. The Morgan fingerprint density at radius 2 is 1.45 bits per heavy atom. The zero-order valence-electron chi connectivity index (χ0n) is 16.8. The highest BCUT2D eigenvalue weighted by molar-refractivity contribution is 6.05. The fraction of sp³-hybridized carbons (Fsp3) is 0.208. The molecule has 3 aromatic rings. The van der Waals surface area contributed by atoms with Gasteiger partial charge in [-0.1, -0.05) is 30.3 Å². The lowest BCUT2D eigenvalue weighted by Gasteiger charge is -2.27. The number of hydrogen-bond acceptors (Lipinski definition) is 5. The van der Waals surface area contributed by atoms with Gasteiger partial charge in [0.1, 0.15) is 0 Å². The number of ketones is 1. The Bertz CT molecular complexity index is 1040. The van der Waals surface area contributed by atoms with Gasteiger partial charge in [0.2, 0.25) is 5.75 Å². The molecule has 0 fully saturated rings. The predicted molar refractivity (Wildman–Crippen MR) is 113 cm³/mol. The van der Waals surface area contributed by atoms with E-state index in [0.717, 1.165) is 28.1 Å². The molecule has 0 saturated heterocycles. The lowest BCUT2D eigenvalue weighted by atomic mass is 10.0. The summed E-state index contributed by atoms with van der Waals surface area (Å²) in [7, 11) is 4.81. The minimum atomic E-state index is 0.125. The largest absolute Gasteiger partial charge is 0.493 e. The van der Waals surface area contributed by atoms with E-state index in [1.165, 1.54) is 0 Å². The number of Topliss-reactive ketones (excluding diaryl/α,β-unsaturated/α-hetero) is 1. The van der Waals surface area contributed by atoms with E-state index in [1.54, 1.807) is 21.3 Å². The number of methoxy groups -OCH3 is 3. The van der Waals surface area contributed by atoms with Crippen molar-refractivity contribution < 1.29 is 19.0 Å². The summed E-state index contributed by atoms with van der Waals surface area (Å²) >= 11 is 0. The van der Waals surface area contributed by atoms with Crippen LogP contribution in [0.4, 0.5) is 11.4 Å². The average molecular weight is 389 g/mol. The summed E-state index contributed by atoms with van der Waals surface area (Å²) in [6, 6.07) is 19.7. The van der Waals surface area contributed by atoms with Gasteiger partial charge in [0.15, 0.2) is 17.3 Å². The van der Waals surface area contributed by atoms with Crippen LogP contribution in [0.25, 0.3) is 0 Å². The van der Waals surface area contributed by atoms with Gasteiger partial charge in [-0.3, -0.25) is 4.79 Å². The van der Waals surface area contributed by atoms with Crippen LogP contribution >= 0.6 is 0 Å². The number of benzene rings is 3. The van der Waals surface area contributed by atoms with Crippen molar-refractivity contribution in [3.63, 3.8) is 0 Å². The Morgan fingerprint density at radius 3 is 2.10 bits per heavy atom. The van der Waals surface area contributed by atoms with Crippen LogP contribution < -0.4 is 19.1 Å². The maximum Gasteiger partial charge on any atom is 0.203 e. The quantitative estimate of drug-likeness (QED) is 0.628. The van der Waals surface area contributed by atoms with E-state index in [2.05, 4.69) is 11.0 Å². The second-order valence-corrected chi connectivity index (χ2v) is 6.87. The molecule has 0 atom stereocenters. The molecule has 0 radical (unpaired) electrons. The van der Waals surface area contributed by atoms with Crippen LogP contribution in [-0.2, 0) is 13.0 Å². The Labute approximate surface area is 170 Å². The Balaban J connectivity index is 1.85. The van der Waals surface area contributed by atoms with Gasteiger partial charge in [0.25, 0.3) is 0 Å². The summed E-state index contributed by atoms with van der Waals surface area (Å²) in [5.41, 5.74) is 4.66. The second kappa shape index (κ2) is 7.87. The molecule has 0 aliphatic carbocycles. The first-order valence-corrected chi connectivity index (χ1v) is 9.42. The zero-order chi connectivity index (χ0) is 20.4. The normalized spacial score (nSPS) is 12.7. The van der Waals surface area contributed by atoms with Crippen LogP contribution in [-0.4, -0.2) is 27.1 Å². The molecule has 4 rings (SSSR count). The highest BCUT2D eigenvalue weighted by Gasteiger charge is 2.25. The van der Waals surface area contributed by atoms with Crippen molar-refractivity contribution in [3.05, 3.63) is 77.4 Å². The van der Waals surface area contributed by atoms with Gasteiger partial charge in [-0.25, -0.2) is 0 Å². The molecule has 0 saturated carbocycles. The molecule has 1 aliphatic rings. The van der Waals surface area contributed by atoms with E-state index in [9.17, 15) is 4.79 Å². The van der Waals surface area contributed by atoms with Crippen molar-refractivity contribution >= 4 is 17.2 Å². The summed E-state index contributed by atoms with van der Waals surface area (Å²) in [4.78, 5) is 15.0. The summed E-state index contributed by atoms with van der Waals surface area (Å²) < 4.78 is 16.5. The molecule has 0 spiro atoms. The fourth-order valence-corrected chi connectivity index (χ4v) is 3.85. The number of carbonyl (C=O) groups excluding carboxylic acids is 1. The molecule has 0 unspecified atom stereocenters. The minimum absolute atomic E-state index is 0.125. The van der Waals surface area contributed by atoms with Crippen molar-refractivity contribution in [1.82, 2.24) is 0 Å². The first-order chi connectivity index (χ1) is 14.2. The predicted octanol–water partition coefficient (Wildman–Crippen LogP) is 4.79. The highest BCUT2D eigenvalue weighted by Crippen LogP contribution is 2.41. The van der Waals surface area contributed by atoms with E-state index >= 15 is 0 Å². The molecule has 0 bridgehead atoms. The van der Waals surface area contributed by atoms with Gasteiger partial charge >= 0.3 is 0 Å². The van der Waals surface area contributed by atoms with Gasteiger partial charge in [-0.15, -0.1) is 0 Å². The lowest BCUT2D eigenvalue weighted by molar-refractivity contribution is 0.0994. The van der Waals surface area contributed by atoms with Gasteiger partial charge < -0.3 is 19.1 Å². The summed E-state index contributed by atoms with van der Waals surface area (Å²) in [6.45, 7) is 0.554. The van der Waals surface area contributed by atoms with Gasteiger partial charge in [0, 0.05) is 24.2 Å². The Kier molecular flexibility index (Phi) is 5.12. The van der Waals surface area contributed by atoms with Crippen LogP contribution in [0.3, 0.4) is 0 Å². The number of hydrogen-bond donors (Lipinski definition) is 0. The van der Waals surface area contributed by atoms with Crippen LogP contribution in [0.2, 0.25) is 0 Å². The lowest BCUT2D eigenvalue weighted by Crippen LogP contribution is -2.18. The third-order valence-electron chi connectivity index (χ3n) is 5.19. The molecule has 0 amide bonds. The second-order valence-electron chi connectivity index (χ2n) is 6.87. The molecule has 3 aromatic carbocycles. The van der Waals surface area contributed by atoms with Crippen molar-refractivity contribution in [2.24, 2.45) is 0 Å². The number of para-hydroxylation sites is 2. The van der Waals surface area contributed by atoms with Gasteiger partial charge in [-0.05, 0) is 41.5 Å². The van der Waals surface area contributed by atoms with E-state index in [1.807, 2.05) is 54.6 Å². The number of carbonyl (C=O) groups is 1. The molecular formula is C24H23NO4. The number of anilines is 2. The minimum Gasteiger partial charge on any atom is -0.493 e. The summed E-state index contributed by atoms with van der Waals surface area (Å²) in [5, 5.41) is 0. The van der Waals surface area contributed by atoms with E-state index in [0.29, 0.717) is 30.2 Å². The van der Waals surface area contributed by atoms with Crippen LogP contribution in [0.5, 0.6) is 17.2 Å². The smallest absolute Gasteiger partial charge is 0.203 e. The molecule has 1 aliphatic heterocycles. The van der Waals surface area contributed by atoms with E-state index in [4.69, 9.17) is 14.2 Å². The Hall–Kier alpha value is -3.47. The van der Waals surface area contributed by atoms with Crippen LogP contribution in [0.15, 0.2) is 60.7 Å². The molecular weight excluding hydrogens is 366 g/mol. The molecule has 5 heteroatoms. The van der Waals surface area contributed by atoms with Crippen molar-refractivity contribution in [2.45, 2.75) is 13.0 Å². The van der Waals surface area contributed by atoms with Crippen molar-refractivity contribution in [3.8, 4) is 17.2 Å². The van der Waals surface area contributed by atoms with Crippen LogP contribution in [0, 0.1) is 0 Å². The maximum atomic E-state index is 12.9. The van der Waals surface area contributed by atoms with E-state index in [-0.39, 0.29) is 5.78 Å². The molecule has 5 nitrogen and oxygen atoms in total. The topological polar surface area (TPSA) is 48.0 Å². The first-order valence-electron chi connectivity index (χ1n) is 9.42. The maximum absolute atomic E-state index is 12.9. The SMILES string of the molecule is COc1cc(CN2c3ccccc3CC(=O)c3ccccc32)cc(OC)c1OC. The first kappa shape index (κ1) is 18.9. The average Bonchev–Trinajstić information content (AvgIpc) is 2.88. The third kappa shape index (κ3) is 3.40. The summed E-state index contributed by atoms with van der Waals surface area (Å²) in [6.07, 6.45) is 0.388. The van der Waals surface area contributed by atoms with Crippen LogP contribution in [0.1, 0.15) is 21.5 Å². The standard InChI is InChI=1S/C24H23NO4/c1-27-22-12-16(13-23(28-2)24(22)29-3)15-25-19-10-6-4-8-17(19)14-21(26)18-9-5-7-11-20(18)25/h4-13H,14-15H2,1-3H3.